The molecule has 29 heavy (non-hydrogen) atoms. The monoisotopic (exact) mass is 407 g/mol. The van der Waals surface area contributed by atoms with Crippen LogP contribution in [0.1, 0.15) is 48.6 Å². The zero-order chi connectivity index (χ0) is 19.8. The third-order valence-electron chi connectivity index (χ3n) is 6.27. The van der Waals surface area contributed by atoms with Gasteiger partial charge in [-0.2, -0.15) is 0 Å². The summed E-state index contributed by atoms with van der Waals surface area (Å²) >= 11 is 6.26. The van der Waals surface area contributed by atoms with Crippen molar-refractivity contribution in [2.24, 2.45) is 15.9 Å². The first-order valence-electron chi connectivity index (χ1n) is 10.5. The molecule has 5 rings (SSSR count). The second-order valence-electron chi connectivity index (χ2n) is 8.20. The number of benzene rings is 1. The number of aliphatic imine (C=N–C) groups is 2. The van der Waals surface area contributed by atoms with E-state index < -0.39 is 0 Å². The van der Waals surface area contributed by atoms with Crippen molar-refractivity contribution in [2.75, 3.05) is 18.1 Å². The molecule has 1 saturated carbocycles. The molecule has 1 N–H and O–H groups in total. The summed E-state index contributed by atoms with van der Waals surface area (Å²) in [6, 6.07) is 12.5. The summed E-state index contributed by atoms with van der Waals surface area (Å²) in [5.74, 6) is 3.26. The molecule has 150 valence electrons. The zero-order valence-electron chi connectivity index (χ0n) is 16.7. The number of nitrogens with one attached hydrogen (secondary N) is 1. The van der Waals surface area contributed by atoms with E-state index in [1.807, 2.05) is 6.07 Å². The van der Waals surface area contributed by atoms with Crippen LogP contribution in [0.5, 0.6) is 0 Å². The maximum absolute atomic E-state index is 6.26. The van der Waals surface area contributed by atoms with Crippen molar-refractivity contribution in [2.45, 2.75) is 45.1 Å². The molecule has 1 aromatic heterocycles. The lowest BCUT2D eigenvalue weighted by Gasteiger charge is -2.37. The number of aryl methyl sites for hydroxylation is 1. The molecule has 2 aromatic rings. The van der Waals surface area contributed by atoms with Gasteiger partial charge in [0.05, 0.1) is 12.2 Å². The van der Waals surface area contributed by atoms with Crippen LogP contribution in [-0.2, 0) is 6.54 Å². The van der Waals surface area contributed by atoms with Gasteiger partial charge in [-0.15, -0.1) is 0 Å². The maximum atomic E-state index is 6.26. The van der Waals surface area contributed by atoms with E-state index in [4.69, 9.17) is 26.6 Å². The molecule has 6 heteroatoms. The second-order valence-corrected chi connectivity index (χ2v) is 8.63. The second kappa shape index (κ2) is 7.88. The molecule has 0 unspecified atom stereocenters. The molecular weight excluding hydrogens is 382 g/mol. The van der Waals surface area contributed by atoms with Gasteiger partial charge in [-0.05, 0) is 68.5 Å². The number of rotatable bonds is 2. The van der Waals surface area contributed by atoms with Gasteiger partial charge in [0.2, 0.25) is 0 Å². The number of fused-ring (bicyclic) bond motifs is 3. The van der Waals surface area contributed by atoms with Crippen LogP contribution >= 0.6 is 11.6 Å². The van der Waals surface area contributed by atoms with E-state index >= 15 is 0 Å². The van der Waals surface area contributed by atoms with E-state index in [1.54, 1.807) is 0 Å². The average molecular weight is 408 g/mol. The molecule has 2 aliphatic heterocycles. The molecule has 1 fully saturated rings. The molecule has 0 atom stereocenters. The van der Waals surface area contributed by atoms with Crippen molar-refractivity contribution in [3.8, 4) is 0 Å². The SMILES string of the molecule is Cc1cccc(C2CCC(C3=NCN=C4CNCc5cc(Cl)ccc5N43)CC2)n1. The van der Waals surface area contributed by atoms with E-state index in [1.165, 1.54) is 22.8 Å². The van der Waals surface area contributed by atoms with Gasteiger partial charge in [-0.3, -0.25) is 9.88 Å². The lowest BCUT2D eigenvalue weighted by molar-refractivity contribution is 0.384. The Morgan fingerprint density at radius 3 is 2.66 bits per heavy atom. The smallest absolute Gasteiger partial charge is 0.133 e. The Hall–Kier alpha value is -2.24. The summed E-state index contributed by atoms with van der Waals surface area (Å²) in [5.41, 5.74) is 4.72. The fraction of sp³-hybridized carbons (Fsp3) is 0.435. The molecule has 5 nitrogen and oxygen atoms in total. The van der Waals surface area contributed by atoms with Crippen molar-refractivity contribution in [3.63, 3.8) is 0 Å². The fourth-order valence-electron chi connectivity index (χ4n) is 4.83. The van der Waals surface area contributed by atoms with Gasteiger partial charge in [0, 0.05) is 34.8 Å². The lowest BCUT2D eigenvalue weighted by atomic mass is 9.79. The average Bonchev–Trinajstić information content (AvgIpc) is 2.92. The minimum Gasteiger partial charge on any atom is -0.306 e. The zero-order valence-corrected chi connectivity index (χ0v) is 17.5. The van der Waals surface area contributed by atoms with Gasteiger partial charge in [-0.25, -0.2) is 9.98 Å². The molecule has 0 spiro atoms. The first-order valence-corrected chi connectivity index (χ1v) is 10.9. The normalized spacial score (nSPS) is 24.1. The van der Waals surface area contributed by atoms with Gasteiger partial charge in [-0.1, -0.05) is 17.7 Å². The topological polar surface area (TPSA) is 52.9 Å². The Morgan fingerprint density at radius 1 is 1.00 bits per heavy atom. The predicted molar refractivity (Wildman–Crippen MR) is 119 cm³/mol. The summed E-state index contributed by atoms with van der Waals surface area (Å²) < 4.78 is 0. The number of hydrogen-bond acceptors (Lipinski definition) is 5. The van der Waals surface area contributed by atoms with Crippen LogP contribution < -0.4 is 10.2 Å². The molecule has 0 bridgehead atoms. The number of aromatic nitrogens is 1. The fourth-order valence-corrected chi connectivity index (χ4v) is 5.03. The maximum Gasteiger partial charge on any atom is 0.133 e. The third-order valence-corrected chi connectivity index (χ3v) is 6.51. The van der Waals surface area contributed by atoms with Crippen LogP contribution in [0.3, 0.4) is 0 Å². The van der Waals surface area contributed by atoms with E-state index in [2.05, 4.69) is 47.5 Å². The van der Waals surface area contributed by atoms with Gasteiger partial charge < -0.3 is 5.32 Å². The number of nitrogens with zero attached hydrogens (tertiary/aromatic N) is 4. The van der Waals surface area contributed by atoms with Crippen LogP contribution in [0.25, 0.3) is 0 Å². The van der Waals surface area contributed by atoms with Crippen LogP contribution in [0.15, 0.2) is 46.4 Å². The van der Waals surface area contributed by atoms with E-state index in [0.717, 1.165) is 55.3 Å². The molecule has 0 radical (unpaired) electrons. The molecule has 1 aliphatic carbocycles. The van der Waals surface area contributed by atoms with Gasteiger partial charge in [0.1, 0.15) is 18.3 Å². The van der Waals surface area contributed by atoms with Crippen molar-refractivity contribution in [1.82, 2.24) is 10.3 Å². The Bertz CT molecular complexity index is 975. The summed E-state index contributed by atoms with van der Waals surface area (Å²) in [5, 5.41) is 4.26. The van der Waals surface area contributed by atoms with Crippen molar-refractivity contribution in [3.05, 3.63) is 58.4 Å². The third kappa shape index (κ3) is 3.69. The number of amidine groups is 2. The number of hydrogen-bond donors (Lipinski definition) is 1. The number of pyridine rings is 1. The summed E-state index contributed by atoms with van der Waals surface area (Å²) in [6.45, 7) is 4.16. The Kier molecular flexibility index (Phi) is 5.10. The molecule has 3 heterocycles. The number of anilines is 1. The van der Waals surface area contributed by atoms with E-state index in [0.29, 0.717) is 18.5 Å². The molecule has 0 saturated heterocycles. The Balaban J connectivity index is 1.39. The van der Waals surface area contributed by atoms with Crippen LogP contribution in [0.4, 0.5) is 5.69 Å². The van der Waals surface area contributed by atoms with E-state index in [-0.39, 0.29) is 0 Å². The summed E-state index contributed by atoms with van der Waals surface area (Å²) in [7, 11) is 0. The summed E-state index contributed by atoms with van der Waals surface area (Å²) in [6.07, 6.45) is 4.59. The van der Waals surface area contributed by atoms with Crippen LogP contribution in [0, 0.1) is 12.8 Å². The van der Waals surface area contributed by atoms with Crippen molar-refractivity contribution in [1.29, 1.82) is 0 Å². The van der Waals surface area contributed by atoms with Crippen molar-refractivity contribution < 1.29 is 0 Å². The first kappa shape index (κ1) is 18.8. The largest absolute Gasteiger partial charge is 0.306 e. The van der Waals surface area contributed by atoms with E-state index in [9.17, 15) is 0 Å². The standard InChI is InChI=1S/C23H26ClN5/c1-15-3-2-4-20(28-15)16-5-7-17(8-6-16)23-27-14-26-22-13-25-12-18-11-19(24)9-10-21(18)29(22)23/h2-4,9-11,16-17,25H,5-8,12-14H2,1H3. The van der Waals surface area contributed by atoms with Crippen molar-refractivity contribution >= 4 is 29.0 Å². The molecule has 0 amide bonds. The predicted octanol–water partition coefficient (Wildman–Crippen LogP) is 4.70. The minimum atomic E-state index is 0.461. The highest BCUT2D eigenvalue weighted by molar-refractivity contribution is 6.31. The molecule has 3 aliphatic rings. The van der Waals surface area contributed by atoms with Crippen LogP contribution in [0.2, 0.25) is 5.02 Å². The summed E-state index contributed by atoms with van der Waals surface area (Å²) in [4.78, 5) is 16.7. The quantitative estimate of drug-likeness (QED) is 0.785. The highest BCUT2D eigenvalue weighted by atomic mass is 35.5. The highest BCUT2D eigenvalue weighted by Gasteiger charge is 2.34. The van der Waals surface area contributed by atoms with Crippen LogP contribution in [-0.4, -0.2) is 29.9 Å². The van der Waals surface area contributed by atoms with Gasteiger partial charge in [0.15, 0.2) is 0 Å². The number of halogens is 1. The Labute approximate surface area is 176 Å². The van der Waals surface area contributed by atoms with Gasteiger partial charge >= 0.3 is 0 Å². The Morgan fingerprint density at radius 2 is 1.83 bits per heavy atom. The van der Waals surface area contributed by atoms with Gasteiger partial charge in [0.25, 0.3) is 0 Å². The molecule has 1 aromatic carbocycles. The highest BCUT2D eigenvalue weighted by Crippen LogP contribution is 2.38. The first-order chi connectivity index (χ1) is 14.2. The lowest BCUT2D eigenvalue weighted by Crippen LogP contribution is -2.46. The minimum absolute atomic E-state index is 0.461. The molecular formula is C23H26ClN5.